The summed E-state index contributed by atoms with van der Waals surface area (Å²) >= 11 is 0. The molecule has 2 fully saturated rings. The predicted molar refractivity (Wildman–Crippen MR) is 226 cm³/mol. The number of fused-ring (bicyclic) bond motifs is 2. The monoisotopic (exact) mass is 921 g/mol. The van der Waals surface area contributed by atoms with Crippen LogP contribution in [0.15, 0.2) is 42.5 Å². The number of likely N-dealkylation sites (N-methyl/N-ethyl adjacent to an activating group) is 1. The summed E-state index contributed by atoms with van der Waals surface area (Å²) in [7, 11) is -2.44. The van der Waals surface area contributed by atoms with Crippen LogP contribution in [0.1, 0.15) is 92.6 Å². The molecule has 2 aliphatic rings. The van der Waals surface area contributed by atoms with Crippen LogP contribution in [0.4, 0.5) is 5.69 Å². The van der Waals surface area contributed by atoms with Crippen molar-refractivity contribution in [2.75, 3.05) is 65.5 Å². The van der Waals surface area contributed by atoms with Gasteiger partial charge in [0.25, 0.3) is 0 Å². The van der Waals surface area contributed by atoms with Crippen molar-refractivity contribution in [3.05, 3.63) is 59.2 Å². The van der Waals surface area contributed by atoms with Gasteiger partial charge in [0.05, 0.1) is 37.7 Å². The van der Waals surface area contributed by atoms with Gasteiger partial charge in [-0.05, 0) is 87.5 Å². The molecule has 59 heavy (non-hydrogen) atoms. The Hall–Kier alpha value is -1.66. The number of aliphatic carboxylic acids is 1. The molecule has 3 atom stereocenters. The van der Waals surface area contributed by atoms with Crippen LogP contribution >= 0.6 is 12.4 Å². The van der Waals surface area contributed by atoms with Crippen molar-refractivity contribution in [2.45, 2.75) is 83.2 Å². The number of aliphatic hydroxyl groups is 1. The third-order valence-electron chi connectivity index (χ3n) is 9.27. The Kier molecular flexibility index (Phi) is 46.3. The maximum absolute atomic E-state index is 12.0. The standard InChI is InChI=1S/C19H32N2O4.C17H23NO3.Al.ClH.Mg.H2O4S.3H2O.O.Si/c1-4-7-11-24-18-9-8-16(15-17(18)20)19(22)25-14-13-23-12-10-21(5-2)6-3;1-18-14-5-6-15(18)9-13(8-14)11-3-2-4-12(7-11)16(10-19)17(20)21;;;;1-5(2,3)4;;;;;/h8-9,15H,4-7,10-14,20H2,1-3H3;2-4,7,13-16,19H,5-6,8-10H2,1H3,(H,20,21);;1H;;(H2,1,2,3,4);3*1H2;;/q;;+3;;+2;;;;;-2;/p-3. The van der Waals surface area contributed by atoms with Gasteiger partial charge >= 0.3 is 62.8 Å². The van der Waals surface area contributed by atoms with E-state index in [1.54, 1.807) is 18.2 Å². The maximum Gasteiger partial charge on any atom is 3.00 e. The molecular formula is C36H61AlClMgN3O15SSi. The van der Waals surface area contributed by atoms with Gasteiger partial charge in [-0.2, -0.15) is 8.42 Å². The van der Waals surface area contributed by atoms with Crippen molar-refractivity contribution >= 4 is 91.8 Å². The first-order chi connectivity index (χ1) is 24.2. The number of carbonyl (C=O) groups excluding carboxylic acids is 1. The van der Waals surface area contributed by atoms with Gasteiger partial charge < -0.3 is 61.9 Å². The Morgan fingerprint density at radius 2 is 1.51 bits per heavy atom. The first-order valence-corrected chi connectivity index (χ1v) is 19.0. The van der Waals surface area contributed by atoms with Gasteiger partial charge in [-0.1, -0.05) is 51.5 Å². The molecule has 18 nitrogen and oxygen atoms in total. The van der Waals surface area contributed by atoms with E-state index >= 15 is 0 Å². The minimum atomic E-state index is -4.67. The van der Waals surface area contributed by atoms with Gasteiger partial charge in [-0.25, -0.2) is 4.79 Å². The van der Waals surface area contributed by atoms with E-state index in [4.69, 9.17) is 37.5 Å². The average molecular weight is 923 g/mol. The number of ether oxygens (including phenoxy) is 3. The minimum absolute atomic E-state index is 0. The number of nitrogen functional groups attached to an aromatic ring is 1. The Morgan fingerprint density at radius 1 is 0.949 bits per heavy atom. The Bertz CT molecular complexity index is 1470. The molecule has 2 saturated heterocycles. The Morgan fingerprint density at radius 3 is 1.98 bits per heavy atom. The van der Waals surface area contributed by atoms with E-state index in [1.807, 2.05) is 18.2 Å². The second-order valence-corrected chi connectivity index (χ2v) is 13.5. The summed E-state index contributed by atoms with van der Waals surface area (Å²) in [5, 5.41) is 18.5. The number of nitrogens with two attached hydrogens (primary N) is 1. The van der Waals surface area contributed by atoms with Crippen molar-refractivity contribution in [3.63, 3.8) is 0 Å². The van der Waals surface area contributed by atoms with Crippen LogP contribution in [0.3, 0.4) is 0 Å². The second-order valence-electron chi connectivity index (χ2n) is 12.6. The van der Waals surface area contributed by atoms with Gasteiger partial charge in [0.2, 0.25) is 0 Å². The SMILES string of the molecule is CCCCOc1ccc(C(=O)OCCOCCN(CC)CC)cc1N.CN1C2CCC1CC(c1cccc(C(CO)C(=O)O)c1)C2.Cl.O=S(=O)(O)O.[Al+3].[Mg+2].[O-2].[OH-].[OH-].[OH-].[Si]. The van der Waals surface area contributed by atoms with Crippen LogP contribution in [0.2, 0.25) is 0 Å². The molecule has 2 aliphatic heterocycles. The van der Waals surface area contributed by atoms with Crippen LogP contribution in [-0.4, -0.2) is 189 Å². The van der Waals surface area contributed by atoms with Crippen molar-refractivity contribution in [3.8, 4) is 5.75 Å². The van der Waals surface area contributed by atoms with Gasteiger partial charge in [-0.15, -0.1) is 12.4 Å². The van der Waals surface area contributed by atoms with Gasteiger partial charge in [0, 0.05) is 29.6 Å². The zero-order valence-electron chi connectivity index (χ0n) is 34.2. The summed E-state index contributed by atoms with van der Waals surface area (Å²) in [5.74, 6) is -1.05. The van der Waals surface area contributed by atoms with Crippen LogP contribution in [0.5, 0.6) is 5.75 Å². The topological polar surface area (TPSA) is 328 Å². The molecule has 4 radical (unpaired) electrons. The van der Waals surface area contributed by atoms with E-state index in [9.17, 15) is 19.8 Å². The first kappa shape index (κ1) is 71.8. The third-order valence-corrected chi connectivity index (χ3v) is 9.27. The molecule has 4 rings (SSSR count). The number of carboxylic acids is 1. The molecule has 0 spiro atoms. The number of hydrogen-bond donors (Lipinski definition) is 5. The van der Waals surface area contributed by atoms with Crippen molar-refractivity contribution < 1.29 is 73.4 Å². The smallest absolute Gasteiger partial charge is 2.00 e. The van der Waals surface area contributed by atoms with Crippen LogP contribution in [-0.2, 0) is 30.1 Å². The van der Waals surface area contributed by atoms with E-state index in [-0.39, 0.29) is 98.9 Å². The number of carboxylic acid groups (broad SMARTS) is 1. The van der Waals surface area contributed by atoms with Crippen LogP contribution < -0.4 is 10.5 Å². The van der Waals surface area contributed by atoms with E-state index in [2.05, 4.69) is 43.7 Å². The number of rotatable bonds is 17. The molecule has 0 amide bonds. The van der Waals surface area contributed by atoms with Crippen molar-refractivity contribution in [2.24, 2.45) is 0 Å². The number of esters is 1. The first-order valence-electron chi connectivity index (χ1n) is 17.6. The zero-order chi connectivity index (χ0) is 38.0. The van der Waals surface area contributed by atoms with Gasteiger partial charge in [0.15, 0.2) is 0 Å². The molecule has 9 N–H and O–H groups in total. The number of anilines is 1. The number of carbonyl (C=O) groups is 2. The predicted octanol–water partition coefficient (Wildman–Crippen LogP) is 3.13. The number of benzene rings is 2. The molecule has 23 heteroatoms. The summed E-state index contributed by atoms with van der Waals surface area (Å²) in [6.07, 6.45) is 6.91. The fourth-order valence-electron chi connectivity index (χ4n) is 6.28. The third kappa shape index (κ3) is 27.1. The summed E-state index contributed by atoms with van der Waals surface area (Å²) in [6, 6.07) is 14.1. The fraction of sp³-hybridized carbons (Fsp3) is 0.611. The fourth-order valence-corrected chi connectivity index (χ4v) is 6.28. The zero-order valence-corrected chi connectivity index (χ0v) is 39.4. The normalized spacial score (nSPS) is 16.4. The number of unbranched alkanes of at least 4 members (excludes halogenated alkanes) is 1. The average Bonchev–Trinajstić information content (AvgIpc) is 3.27. The molecule has 0 aromatic heterocycles. The quantitative estimate of drug-likeness (QED) is 0.0500. The molecule has 2 bridgehead atoms. The van der Waals surface area contributed by atoms with Crippen molar-refractivity contribution in [1.29, 1.82) is 0 Å². The molecule has 3 unspecified atom stereocenters. The van der Waals surface area contributed by atoms with E-state index < -0.39 is 28.3 Å². The maximum atomic E-state index is 12.0. The molecular weight excluding hydrogens is 861 g/mol. The number of nitrogens with zero attached hydrogens (tertiary/aromatic N) is 2. The summed E-state index contributed by atoms with van der Waals surface area (Å²) in [4.78, 5) is 28.0. The molecule has 2 aromatic rings. The van der Waals surface area contributed by atoms with E-state index in [0.29, 0.717) is 60.4 Å². The van der Waals surface area contributed by atoms with Crippen LogP contribution in [0.25, 0.3) is 0 Å². The molecule has 332 valence electrons. The number of piperidine rings is 1. The van der Waals surface area contributed by atoms with Gasteiger partial charge in [0.1, 0.15) is 18.3 Å². The number of aliphatic hydroxyl groups excluding tert-OH is 1. The minimum Gasteiger partial charge on any atom is -2.00 e. The molecule has 0 saturated carbocycles. The summed E-state index contributed by atoms with van der Waals surface area (Å²) < 4.78 is 47.9. The van der Waals surface area contributed by atoms with Gasteiger partial charge in [-0.3, -0.25) is 13.9 Å². The second kappa shape index (κ2) is 38.0. The van der Waals surface area contributed by atoms with Crippen LogP contribution in [0, 0.1) is 0 Å². The largest absolute Gasteiger partial charge is 3.00 e. The van der Waals surface area contributed by atoms with E-state index in [0.717, 1.165) is 45.3 Å². The summed E-state index contributed by atoms with van der Waals surface area (Å²) in [6.45, 7) is 10.8. The van der Waals surface area contributed by atoms with E-state index in [1.165, 1.54) is 18.4 Å². The van der Waals surface area contributed by atoms with Crippen molar-refractivity contribution in [1.82, 2.24) is 9.80 Å². The number of hydrogen-bond acceptors (Lipinski definition) is 14. The molecule has 0 aliphatic carbocycles. The number of halogens is 1. The Balaban J connectivity index is -0.000000147. The molecule has 2 aromatic carbocycles. The summed E-state index contributed by atoms with van der Waals surface area (Å²) in [5.41, 5.74) is 8.74. The Labute approximate surface area is 386 Å². The molecule has 2 heterocycles.